The smallest absolute Gasteiger partial charge is 0.339 e. The van der Waals surface area contributed by atoms with Crippen LogP contribution in [0.5, 0.6) is 5.75 Å². The van der Waals surface area contributed by atoms with E-state index in [0.717, 1.165) is 4.90 Å². The number of hydrogen-bond donors (Lipinski definition) is 1. The van der Waals surface area contributed by atoms with Crippen molar-refractivity contribution < 1.29 is 27.0 Å². The largest absolute Gasteiger partial charge is 0.378 e. The summed E-state index contributed by atoms with van der Waals surface area (Å²) in [6, 6.07) is 17.2. The van der Waals surface area contributed by atoms with Gasteiger partial charge in [0.25, 0.3) is 11.8 Å². The molecule has 1 fully saturated rings. The molecule has 0 spiro atoms. The molecule has 0 bridgehead atoms. The van der Waals surface area contributed by atoms with Crippen LogP contribution in [0.3, 0.4) is 0 Å². The Bertz CT molecular complexity index is 1460. The highest BCUT2D eigenvalue weighted by Crippen LogP contribution is 2.31. The van der Waals surface area contributed by atoms with Crippen molar-refractivity contribution >= 4 is 67.3 Å². The number of carbonyl (C=O) groups is 3. The number of nitrogens with one attached hydrogen (secondary N) is 1. The maximum atomic E-state index is 13.0. The predicted molar refractivity (Wildman–Crippen MR) is 129 cm³/mol. The zero-order chi connectivity index (χ0) is 24.5. The summed E-state index contributed by atoms with van der Waals surface area (Å²) in [5, 5.41) is 2.27. The minimum atomic E-state index is -4.06. The van der Waals surface area contributed by atoms with Crippen LogP contribution in [0.15, 0.2) is 87.7 Å². The van der Waals surface area contributed by atoms with E-state index in [4.69, 9.17) is 15.8 Å². The van der Waals surface area contributed by atoms with Gasteiger partial charge < -0.3 is 4.18 Å². The van der Waals surface area contributed by atoms with Gasteiger partial charge >= 0.3 is 16.1 Å². The van der Waals surface area contributed by atoms with E-state index in [-0.39, 0.29) is 31.4 Å². The highest BCUT2D eigenvalue weighted by Gasteiger charge is 2.37. The van der Waals surface area contributed by atoms with Gasteiger partial charge in [-0.1, -0.05) is 48.0 Å². The molecule has 8 nitrogen and oxygen atoms in total. The second-order valence-corrected chi connectivity index (χ2v) is 9.76. The molecule has 0 radical (unpaired) electrons. The lowest BCUT2D eigenvalue weighted by Gasteiger charge is -2.27. The Balaban J connectivity index is 1.64. The number of para-hydroxylation sites is 1. The van der Waals surface area contributed by atoms with Gasteiger partial charge in [-0.25, -0.2) is 9.69 Å². The number of halogens is 2. The fourth-order valence-electron chi connectivity index (χ4n) is 3.10. The van der Waals surface area contributed by atoms with Gasteiger partial charge in [0.2, 0.25) is 0 Å². The lowest BCUT2D eigenvalue weighted by Crippen LogP contribution is -2.54. The van der Waals surface area contributed by atoms with Crippen LogP contribution in [0.25, 0.3) is 6.08 Å². The maximum Gasteiger partial charge on any atom is 0.339 e. The Kier molecular flexibility index (Phi) is 6.56. The molecule has 1 saturated heterocycles. The first-order valence-corrected chi connectivity index (χ1v) is 12.2. The van der Waals surface area contributed by atoms with Gasteiger partial charge in [0.15, 0.2) is 5.75 Å². The molecule has 0 aliphatic carbocycles. The van der Waals surface area contributed by atoms with Crippen molar-refractivity contribution in [1.29, 1.82) is 0 Å². The molecule has 1 aliphatic heterocycles. The van der Waals surface area contributed by atoms with Crippen molar-refractivity contribution in [3.63, 3.8) is 0 Å². The number of imide groups is 2. The van der Waals surface area contributed by atoms with Crippen molar-refractivity contribution in [3.8, 4) is 5.75 Å². The monoisotopic (exact) mass is 560 g/mol. The van der Waals surface area contributed by atoms with E-state index < -0.39 is 28.0 Å². The predicted octanol–water partition coefficient (Wildman–Crippen LogP) is 4.54. The summed E-state index contributed by atoms with van der Waals surface area (Å²) in [6.07, 6.45) is 1.27. The lowest BCUT2D eigenvalue weighted by molar-refractivity contribution is -0.122. The number of hydrogen-bond acceptors (Lipinski definition) is 6. The van der Waals surface area contributed by atoms with Gasteiger partial charge in [-0.15, -0.1) is 0 Å². The molecule has 4 rings (SSSR count). The maximum absolute atomic E-state index is 13.0. The number of benzene rings is 3. The summed E-state index contributed by atoms with van der Waals surface area (Å²) in [5.41, 5.74) is 0.196. The molecule has 1 N–H and O–H groups in total. The lowest BCUT2D eigenvalue weighted by atomic mass is 10.1. The van der Waals surface area contributed by atoms with Crippen LogP contribution in [0, 0.1) is 0 Å². The zero-order valence-electron chi connectivity index (χ0n) is 17.1. The van der Waals surface area contributed by atoms with Gasteiger partial charge in [-0.3, -0.25) is 14.9 Å². The summed E-state index contributed by atoms with van der Waals surface area (Å²) in [6.45, 7) is 0. The third-order valence-corrected chi connectivity index (χ3v) is 6.88. The van der Waals surface area contributed by atoms with Crippen molar-refractivity contribution in [2.75, 3.05) is 4.90 Å². The molecule has 0 atom stereocenters. The van der Waals surface area contributed by atoms with Gasteiger partial charge in [-0.2, -0.15) is 8.42 Å². The topological polar surface area (TPSA) is 110 Å². The van der Waals surface area contributed by atoms with E-state index in [1.54, 1.807) is 30.3 Å². The molecule has 0 unspecified atom stereocenters. The summed E-state index contributed by atoms with van der Waals surface area (Å²) < 4.78 is 30.4. The van der Waals surface area contributed by atoms with Crippen LogP contribution in [0.1, 0.15) is 5.56 Å². The summed E-state index contributed by atoms with van der Waals surface area (Å²) in [5.74, 6) is -1.72. The highest BCUT2D eigenvalue weighted by atomic mass is 79.9. The molecular weight excluding hydrogens is 548 g/mol. The Morgan fingerprint density at radius 3 is 2.29 bits per heavy atom. The van der Waals surface area contributed by atoms with E-state index in [9.17, 15) is 22.8 Å². The Morgan fingerprint density at radius 1 is 0.941 bits per heavy atom. The van der Waals surface area contributed by atoms with Gasteiger partial charge in [0.1, 0.15) is 10.5 Å². The molecule has 4 amide bonds. The molecule has 1 aliphatic rings. The van der Waals surface area contributed by atoms with Gasteiger partial charge in [0.05, 0.1) is 15.2 Å². The minimum absolute atomic E-state index is 0.0121. The van der Waals surface area contributed by atoms with E-state index in [1.807, 2.05) is 0 Å². The van der Waals surface area contributed by atoms with Crippen LogP contribution < -0.4 is 14.4 Å². The first kappa shape index (κ1) is 23.7. The number of rotatable bonds is 5. The Morgan fingerprint density at radius 2 is 1.62 bits per heavy atom. The fraction of sp³-hybridized carbons (Fsp3) is 0. The third kappa shape index (κ3) is 4.74. The van der Waals surface area contributed by atoms with E-state index in [1.165, 1.54) is 48.5 Å². The Hall–Kier alpha value is -3.47. The van der Waals surface area contributed by atoms with E-state index >= 15 is 0 Å². The molecule has 3 aromatic rings. The molecule has 172 valence electrons. The second-order valence-electron chi connectivity index (χ2n) is 6.95. The summed E-state index contributed by atoms with van der Waals surface area (Å²) in [4.78, 5) is 38.5. The molecule has 11 heteroatoms. The number of nitrogens with zero attached hydrogens (tertiary/aromatic N) is 1. The SMILES string of the molecule is O=C1NC(=O)N(c2ccccc2Cl)C(=O)/C1=C/c1ccc(OS(=O)(=O)c2ccccc2)c(Br)c1. The number of amides is 4. The molecule has 3 aromatic carbocycles. The first-order valence-electron chi connectivity index (χ1n) is 9.62. The second kappa shape index (κ2) is 9.41. The standard InChI is InChI=1S/C23H14BrClN2O6S/c24-17-13-14(10-11-20(17)33-34(31,32)15-6-2-1-3-7-15)12-16-21(28)26-23(30)27(22(16)29)19-9-5-4-8-18(19)25/h1-13H,(H,26,28,30)/b16-12+. The van der Waals surface area contributed by atoms with Crippen molar-refractivity contribution in [2.24, 2.45) is 0 Å². The average molecular weight is 562 g/mol. The van der Waals surface area contributed by atoms with Crippen molar-refractivity contribution in [1.82, 2.24) is 5.32 Å². The fourth-order valence-corrected chi connectivity index (χ4v) is 4.88. The van der Waals surface area contributed by atoms with Crippen LogP contribution in [0.2, 0.25) is 5.02 Å². The highest BCUT2D eigenvalue weighted by molar-refractivity contribution is 9.10. The van der Waals surface area contributed by atoms with Gasteiger partial charge in [-0.05, 0) is 64.0 Å². The normalized spacial score (nSPS) is 15.4. The minimum Gasteiger partial charge on any atom is -0.378 e. The molecule has 0 saturated carbocycles. The van der Waals surface area contributed by atoms with Crippen molar-refractivity contribution in [3.05, 3.63) is 93.4 Å². The molecule has 34 heavy (non-hydrogen) atoms. The number of urea groups is 1. The van der Waals surface area contributed by atoms with Gasteiger partial charge in [0, 0.05) is 0 Å². The number of barbiturate groups is 1. The number of anilines is 1. The van der Waals surface area contributed by atoms with E-state index in [0.29, 0.717) is 5.56 Å². The number of carbonyl (C=O) groups excluding carboxylic acids is 3. The Labute approximate surface area is 208 Å². The van der Waals surface area contributed by atoms with E-state index in [2.05, 4.69) is 21.2 Å². The quantitative estimate of drug-likeness (QED) is 0.278. The average Bonchev–Trinajstić information content (AvgIpc) is 2.80. The zero-order valence-corrected chi connectivity index (χ0v) is 20.2. The first-order chi connectivity index (χ1) is 16.2. The van der Waals surface area contributed by atoms with Crippen molar-refractivity contribution in [2.45, 2.75) is 4.90 Å². The third-order valence-electron chi connectivity index (χ3n) is 4.69. The summed E-state index contributed by atoms with van der Waals surface area (Å²) in [7, 11) is -4.06. The van der Waals surface area contributed by atoms with Crippen LogP contribution >= 0.6 is 27.5 Å². The molecule has 1 heterocycles. The molecule has 0 aromatic heterocycles. The summed E-state index contributed by atoms with van der Waals surface area (Å²) >= 11 is 9.37. The molecular formula is C23H14BrClN2O6S. The van der Waals surface area contributed by atoms with Crippen LogP contribution in [-0.4, -0.2) is 26.3 Å². The van der Waals surface area contributed by atoms with Crippen LogP contribution in [-0.2, 0) is 19.7 Å². The van der Waals surface area contributed by atoms with Crippen LogP contribution in [0.4, 0.5) is 10.5 Å².